The summed E-state index contributed by atoms with van der Waals surface area (Å²) in [6.45, 7) is 0. The van der Waals surface area contributed by atoms with Crippen LogP contribution in [0.1, 0.15) is 53.5 Å². The summed E-state index contributed by atoms with van der Waals surface area (Å²) in [4.78, 5) is 6.13. The molecule has 7 heteroatoms. The van der Waals surface area contributed by atoms with Crippen molar-refractivity contribution in [2.75, 3.05) is 7.05 Å². The molecular weight excluding hydrogens is 443 g/mol. The van der Waals surface area contributed by atoms with Crippen LogP contribution < -0.4 is 10.5 Å². The quantitative estimate of drug-likeness (QED) is 0.301. The van der Waals surface area contributed by atoms with E-state index in [9.17, 15) is 9.65 Å². The van der Waals surface area contributed by atoms with Crippen LogP contribution in [0.4, 0.5) is 4.39 Å². The molecule has 0 amide bonds. The van der Waals surface area contributed by atoms with Crippen LogP contribution in [-0.4, -0.2) is 24.2 Å². The van der Waals surface area contributed by atoms with Crippen LogP contribution in [0.5, 0.6) is 5.75 Å². The highest BCUT2D eigenvalue weighted by Crippen LogP contribution is 2.46. The number of benzene rings is 3. The minimum Gasteiger partial charge on any atom is -0.489 e. The minimum absolute atomic E-state index is 0.00314. The van der Waals surface area contributed by atoms with Crippen LogP contribution in [0.2, 0.25) is 0 Å². The summed E-state index contributed by atoms with van der Waals surface area (Å²) < 4.78 is 20.4. The van der Waals surface area contributed by atoms with Crippen molar-refractivity contribution in [1.82, 2.24) is 5.06 Å². The van der Waals surface area contributed by atoms with Gasteiger partial charge < -0.3 is 10.5 Å². The second-order valence-corrected chi connectivity index (χ2v) is 9.13. The van der Waals surface area contributed by atoms with Crippen molar-refractivity contribution in [2.24, 2.45) is 5.73 Å². The summed E-state index contributed by atoms with van der Waals surface area (Å²) in [5.74, 6) is 0.234. The Balaban J connectivity index is 1.52. The number of ether oxygens (including phenoxy) is 1. The molecule has 1 aliphatic carbocycles. The first-order valence-electron chi connectivity index (χ1n) is 11.8. The second-order valence-electron chi connectivity index (χ2n) is 9.13. The van der Waals surface area contributed by atoms with Crippen molar-refractivity contribution in [2.45, 2.75) is 43.8 Å². The van der Waals surface area contributed by atoms with E-state index in [1.807, 2.05) is 24.3 Å². The third-order valence-electron chi connectivity index (χ3n) is 6.99. The van der Waals surface area contributed by atoms with Gasteiger partial charge in [0.15, 0.2) is 0 Å². The predicted molar refractivity (Wildman–Crippen MR) is 131 cm³/mol. The molecule has 2 unspecified atom stereocenters. The standard InChI is InChI=1S/C28H27FN4O2/c1-33(28(31)32)35-27-15-26(22-8-4-6-17-5-2-3-7-21(17)22)34-25-12-10-19(14-23(25)27)18-9-11-24(29)20(13-18)16-30/h2-3,5,7,9-14,22,26-27H,4,6,8,15H2,1H3,(H3,31,32)/t22?,26-,27?/m1/s1. The van der Waals surface area contributed by atoms with Crippen molar-refractivity contribution in [3.8, 4) is 22.9 Å². The van der Waals surface area contributed by atoms with Crippen LogP contribution in [0, 0.1) is 22.6 Å². The summed E-state index contributed by atoms with van der Waals surface area (Å²) in [5.41, 5.74) is 10.8. The van der Waals surface area contributed by atoms with Gasteiger partial charge in [-0.25, -0.2) is 9.45 Å². The first-order chi connectivity index (χ1) is 16.9. The lowest BCUT2D eigenvalue weighted by Gasteiger charge is -2.39. The lowest BCUT2D eigenvalue weighted by atomic mass is 9.77. The van der Waals surface area contributed by atoms with E-state index in [1.54, 1.807) is 19.2 Å². The number of nitrogens with two attached hydrogens (primary N) is 1. The van der Waals surface area contributed by atoms with E-state index in [-0.39, 0.29) is 29.6 Å². The van der Waals surface area contributed by atoms with Gasteiger partial charge in [-0.3, -0.25) is 10.2 Å². The molecule has 3 aromatic carbocycles. The van der Waals surface area contributed by atoms with Gasteiger partial charge in [0.05, 0.1) is 5.56 Å². The largest absolute Gasteiger partial charge is 0.489 e. The lowest BCUT2D eigenvalue weighted by molar-refractivity contribution is -0.152. The van der Waals surface area contributed by atoms with Crippen molar-refractivity contribution >= 4 is 5.96 Å². The molecule has 0 saturated carbocycles. The van der Waals surface area contributed by atoms with E-state index in [0.717, 1.165) is 41.7 Å². The number of hydroxylamine groups is 2. The second kappa shape index (κ2) is 9.40. The zero-order valence-electron chi connectivity index (χ0n) is 19.5. The maximum Gasteiger partial charge on any atom is 0.212 e. The monoisotopic (exact) mass is 470 g/mol. The van der Waals surface area contributed by atoms with Gasteiger partial charge in [0.2, 0.25) is 5.96 Å². The van der Waals surface area contributed by atoms with Crippen molar-refractivity contribution in [3.05, 3.63) is 88.7 Å². The van der Waals surface area contributed by atoms with Gasteiger partial charge in [-0.05, 0) is 65.8 Å². The molecule has 3 N–H and O–H groups in total. The molecular formula is C28H27FN4O2. The highest BCUT2D eigenvalue weighted by atomic mass is 19.1. The van der Waals surface area contributed by atoms with Crippen molar-refractivity contribution < 1.29 is 14.0 Å². The van der Waals surface area contributed by atoms with E-state index in [4.69, 9.17) is 20.7 Å². The Morgan fingerprint density at radius 1 is 1.14 bits per heavy atom. The fourth-order valence-electron chi connectivity index (χ4n) is 5.20. The molecule has 1 aliphatic heterocycles. The Hall–Kier alpha value is -3.89. The molecule has 3 atom stereocenters. The number of nitrogens with zero attached hydrogens (tertiary/aromatic N) is 2. The minimum atomic E-state index is -0.544. The number of hydrogen-bond acceptors (Lipinski definition) is 4. The number of nitriles is 1. The van der Waals surface area contributed by atoms with Crippen LogP contribution in [-0.2, 0) is 11.3 Å². The average molecular weight is 471 g/mol. The summed E-state index contributed by atoms with van der Waals surface area (Å²) in [6.07, 6.45) is 3.35. The fourth-order valence-corrected chi connectivity index (χ4v) is 5.20. The number of hydrogen-bond donors (Lipinski definition) is 2. The van der Waals surface area contributed by atoms with Gasteiger partial charge in [-0.2, -0.15) is 5.26 Å². The zero-order chi connectivity index (χ0) is 24.5. The van der Waals surface area contributed by atoms with Gasteiger partial charge in [0, 0.05) is 24.9 Å². The Bertz CT molecular complexity index is 1320. The topological polar surface area (TPSA) is 95.4 Å². The molecule has 178 valence electrons. The third-order valence-corrected chi connectivity index (χ3v) is 6.99. The van der Waals surface area contributed by atoms with Crippen LogP contribution >= 0.6 is 0 Å². The normalized spacial score (nSPS) is 20.7. The van der Waals surface area contributed by atoms with Crippen LogP contribution in [0.3, 0.4) is 0 Å². The molecule has 1 heterocycles. The fraction of sp³-hybridized carbons (Fsp3) is 0.286. The molecule has 3 aromatic rings. The molecule has 0 aromatic heterocycles. The predicted octanol–water partition coefficient (Wildman–Crippen LogP) is 5.43. The summed E-state index contributed by atoms with van der Waals surface area (Å²) in [7, 11) is 1.62. The van der Waals surface area contributed by atoms with E-state index in [1.165, 1.54) is 22.3 Å². The van der Waals surface area contributed by atoms with E-state index in [0.29, 0.717) is 6.42 Å². The van der Waals surface area contributed by atoms with E-state index < -0.39 is 5.82 Å². The van der Waals surface area contributed by atoms with E-state index in [2.05, 4.69) is 24.3 Å². The SMILES string of the molecule is CN(OC1C[C@H](C2CCCc3ccccc32)Oc2ccc(-c3ccc(F)c(C#N)c3)cc21)C(=N)N. The molecule has 0 bridgehead atoms. The van der Waals surface area contributed by atoms with Crippen LogP contribution in [0.25, 0.3) is 11.1 Å². The number of halogens is 1. The van der Waals surface area contributed by atoms with E-state index >= 15 is 0 Å². The number of fused-ring (bicyclic) bond motifs is 2. The Kier molecular flexibility index (Phi) is 6.14. The van der Waals surface area contributed by atoms with Gasteiger partial charge >= 0.3 is 0 Å². The van der Waals surface area contributed by atoms with Gasteiger partial charge in [-0.15, -0.1) is 0 Å². The molecule has 0 fully saturated rings. The van der Waals surface area contributed by atoms with Crippen LogP contribution in [0.15, 0.2) is 60.7 Å². The lowest BCUT2D eigenvalue weighted by Crippen LogP contribution is -2.39. The number of rotatable bonds is 4. The summed E-state index contributed by atoms with van der Waals surface area (Å²) >= 11 is 0. The molecule has 0 saturated heterocycles. The Labute approximate surface area is 204 Å². The van der Waals surface area contributed by atoms with Crippen molar-refractivity contribution in [1.29, 1.82) is 10.7 Å². The first-order valence-corrected chi connectivity index (χ1v) is 11.8. The Morgan fingerprint density at radius 3 is 2.71 bits per heavy atom. The summed E-state index contributed by atoms with van der Waals surface area (Å²) in [5, 5.41) is 18.3. The number of nitrogens with one attached hydrogen (secondary N) is 1. The summed E-state index contributed by atoms with van der Waals surface area (Å²) in [6, 6.07) is 20.7. The molecule has 5 rings (SSSR count). The maximum atomic E-state index is 13.9. The number of aryl methyl sites for hydroxylation is 1. The molecule has 6 nitrogen and oxygen atoms in total. The highest BCUT2D eigenvalue weighted by Gasteiger charge is 2.37. The van der Waals surface area contributed by atoms with Gasteiger partial charge in [-0.1, -0.05) is 36.4 Å². The molecule has 0 radical (unpaired) electrons. The zero-order valence-corrected chi connectivity index (χ0v) is 19.5. The third kappa shape index (κ3) is 4.45. The average Bonchev–Trinajstić information content (AvgIpc) is 2.88. The van der Waals surface area contributed by atoms with Gasteiger partial charge in [0.25, 0.3) is 0 Å². The molecule has 0 spiro atoms. The molecule has 35 heavy (non-hydrogen) atoms. The smallest absolute Gasteiger partial charge is 0.212 e. The molecule has 2 aliphatic rings. The highest BCUT2D eigenvalue weighted by molar-refractivity contribution is 5.73. The number of guanidine groups is 1. The van der Waals surface area contributed by atoms with Gasteiger partial charge in [0.1, 0.15) is 29.8 Å². The first kappa shape index (κ1) is 22.9. The Morgan fingerprint density at radius 2 is 1.91 bits per heavy atom. The van der Waals surface area contributed by atoms with Crippen molar-refractivity contribution in [3.63, 3.8) is 0 Å². The maximum absolute atomic E-state index is 13.9.